The Hall–Kier alpha value is -2.36. The number of esters is 1. The van der Waals surface area contributed by atoms with Gasteiger partial charge in [0.15, 0.2) is 0 Å². The number of benzene rings is 1. The van der Waals surface area contributed by atoms with Gasteiger partial charge in [-0.05, 0) is 37.0 Å². The number of ether oxygens (including phenoxy) is 1. The minimum atomic E-state index is -0.346. The monoisotopic (exact) mass is 282 g/mol. The summed E-state index contributed by atoms with van der Waals surface area (Å²) in [7, 11) is 1.38. The van der Waals surface area contributed by atoms with Crippen molar-refractivity contribution < 1.29 is 9.53 Å². The summed E-state index contributed by atoms with van der Waals surface area (Å²) >= 11 is 0. The number of anilines is 1. The lowest BCUT2D eigenvalue weighted by molar-refractivity contribution is 0.0600. The third-order valence-electron chi connectivity index (χ3n) is 4.09. The van der Waals surface area contributed by atoms with Crippen molar-refractivity contribution in [2.24, 2.45) is 0 Å². The van der Waals surface area contributed by atoms with Gasteiger partial charge in [-0.25, -0.2) is 9.78 Å². The summed E-state index contributed by atoms with van der Waals surface area (Å²) in [6, 6.07) is 12.2. The number of carbonyl (C=O) groups excluding carboxylic acids is 1. The summed E-state index contributed by atoms with van der Waals surface area (Å²) in [6.07, 6.45) is 3.40. The van der Waals surface area contributed by atoms with E-state index < -0.39 is 0 Å². The molecule has 0 aliphatic carbocycles. The maximum absolute atomic E-state index is 11.6. The van der Waals surface area contributed by atoms with Crippen molar-refractivity contribution in [2.75, 3.05) is 12.4 Å². The van der Waals surface area contributed by atoms with Crippen LogP contribution in [0.25, 0.3) is 0 Å². The Balaban J connectivity index is 1.91. The molecule has 1 aliphatic heterocycles. The van der Waals surface area contributed by atoms with Crippen LogP contribution in [0.4, 0.5) is 5.82 Å². The highest BCUT2D eigenvalue weighted by Crippen LogP contribution is 2.36. The van der Waals surface area contributed by atoms with Gasteiger partial charge in [0.1, 0.15) is 5.82 Å². The van der Waals surface area contributed by atoms with Gasteiger partial charge in [0.2, 0.25) is 0 Å². The summed E-state index contributed by atoms with van der Waals surface area (Å²) in [6.45, 7) is 2.18. The van der Waals surface area contributed by atoms with Crippen molar-refractivity contribution >= 4 is 11.8 Å². The zero-order chi connectivity index (χ0) is 14.9. The Labute approximate surface area is 124 Å². The molecular weight excluding hydrogens is 264 g/mol. The molecule has 0 saturated carbocycles. The minimum absolute atomic E-state index is 0.131. The fourth-order valence-corrected chi connectivity index (χ4v) is 2.77. The molecule has 3 rings (SSSR count). The highest BCUT2D eigenvalue weighted by molar-refractivity contribution is 5.89. The molecular formula is C17H18N2O2. The van der Waals surface area contributed by atoms with Gasteiger partial charge in [-0.1, -0.05) is 30.3 Å². The lowest BCUT2D eigenvalue weighted by Gasteiger charge is -2.36. The van der Waals surface area contributed by atoms with Crippen LogP contribution in [0.1, 0.15) is 34.8 Å². The lowest BCUT2D eigenvalue weighted by Crippen LogP contribution is -2.36. The van der Waals surface area contributed by atoms with E-state index >= 15 is 0 Å². The number of hydrogen-bond donors (Lipinski definition) is 1. The van der Waals surface area contributed by atoms with E-state index in [1.807, 2.05) is 24.3 Å². The number of nitrogens with one attached hydrogen (secondary N) is 1. The van der Waals surface area contributed by atoms with Gasteiger partial charge in [0.25, 0.3) is 0 Å². The molecule has 0 radical (unpaired) electrons. The molecule has 0 amide bonds. The Kier molecular flexibility index (Phi) is 3.37. The summed E-state index contributed by atoms with van der Waals surface area (Å²) in [5.74, 6) is 0.502. The molecule has 1 unspecified atom stereocenters. The van der Waals surface area contributed by atoms with Crippen LogP contribution in [0.5, 0.6) is 0 Å². The van der Waals surface area contributed by atoms with Crippen molar-refractivity contribution in [3.05, 3.63) is 59.3 Å². The molecule has 0 saturated heterocycles. The zero-order valence-corrected chi connectivity index (χ0v) is 12.2. The van der Waals surface area contributed by atoms with Crippen LogP contribution in [0, 0.1) is 0 Å². The molecule has 0 bridgehead atoms. The van der Waals surface area contributed by atoms with Crippen molar-refractivity contribution in [1.82, 2.24) is 4.98 Å². The lowest BCUT2D eigenvalue weighted by atomic mass is 9.83. The van der Waals surface area contributed by atoms with Crippen LogP contribution in [0.2, 0.25) is 0 Å². The third kappa shape index (κ3) is 2.49. The quantitative estimate of drug-likeness (QED) is 0.860. The molecule has 1 aromatic carbocycles. The fraction of sp³-hybridized carbons (Fsp3) is 0.294. The Morgan fingerprint density at radius 3 is 2.81 bits per heavy atom. The maximum atomic E-state index is 11.6. The Morgan fingerprint density at radius 2 is 2.10 bits per heavy atom. The Morgan fingerprint density at radius 1 is 1.33 bits per heavy atom. The topological polar surface area (TPSA) is 51.2 Å². The molecule has 1 atom stereocenters. The van der Waals surface area contributed by atoms with E-state index in [1.165, 1.54) is 12.7 Å². The van der Waals surface area contributed by atoms with E-state index in [4.69, 9.17) is 4.74 Å². The normalized spacial score (nSPS) is 20.3. The van der Waals surface area contributed by atoms with E-state index in [1.54, 1.807) is 6.20 Å². The molecule has 0 fully saturated rings. The number of rotatable bonds is 2. The number of fused-ring (bicyclic) bond motifs is 1. The second-order valence-corrected chi connectivity index (χ2v) is 5.55. The molecule has 1 aliphatic rings. The van der Waals surface area contributed by atoms with Crippen LogP contribution in [0.15, 0.2) is 42.6 Å². The predicted octanol–water partition coefficient (Wildman–Crippen LogP) is 3.14. The third-order valence-corrected chi connectivity index (χ3v) is 4.09. The number of nitrogens with zero attached hydrogens (tertiary/aromatic N) is 1. The van der Waals surface area contributed by atoms with Gasteiger partial charge >= 0.3 is 5.97 Å². The highest BCUT2D eigenvalue weighted by Gasteiger charge is 2.31. The van der Waals surface area contributed by atoms with E-state index in [0.29, 0.717) is 5.56 Å². The average Bonchev–Trinajstić information content (AvgIpc) is 2.54. The van der Waals surface area contributed by atoms with Gasteiger partial charge in [0.05, 0.1) is 18.2 Å². The first-order valence-corrected chi connectivity index (χ1v) is 7.03. The molecule has 1 aromatic heterocycles. The van der Waals surface area contributed by atoms with Gasteiger partial charge in [-0.3, -0.25) is 0 Å². The van der Waals surface area contributed by atoms with E-state index in [9.17, 15) is 4.79 Å². The molecule has 108 valence electrons. The van der Waals surface area contributed by atoms with Crippen molar-refractivity contribution in [3.63, 3.8) is 0 Å². The second kappa shape index (κ2) is 5.20. The van der Waals surface area contributed by atoms with E-state index in [2.05, 4.69) is 29.4 Å². The molecule has 0 spiro atoms. The summed E-state index contributed by atoms with van der Waals surface area (Å²) < 4.78 is 4.74. The maximum Gasteiger partial charge on any atom is 0.339 e. The zero-order valence-electron chi connectivity index (χ0n) is 12.2. The van der Waals surface area contributed by atoms with Crippen molar-refractivity contribution in [3.8, 4) is 0 Å². The van der Waals surface area contributed by atoms with Crippen LogP contribution < -0.4 is 5.32 Å². The van der Waals surface area contributed by atoms with Crippen LogP contribution in [0.3, 0.4) is 0 Å². The van der Waals surface area contributed by atoms with Gasteiger partial charge in [-0.2, -0.15) is 0 Å². The summed E-state index contributed by atoms with van der Waals surface area (Å²) in [4.78, 5) is 16.0. The molecule has 2 aromatic rings. The molecule has 1 N–H and O–H groups in total. The van der Waals surface area contributed by atoms with Gasteiger partial charge in [-0.15, -0.1) is 0 Å². The number of hydrogen-bond acceptors (Lipinski definition) is 4. The van der Waals surface area contributed by atoms with Crippen molar-refractivity contribution in [1.29, 1.82) is 0 Å². The number of methoxy groups -OCH3 is 1. The number of pyridine rings is 1. The van der Waals surface area contributed by atoms with Crippen LogP contribution in [-0.2, 0) is 16.7 Å². The highest BCUT2D eigenvalue weighted by atomic mass is 16.5. The van der Waals surface area contributed by atoms with Crippen LogP contribution in [-0.4, -0.2) is 18.1 Å². The molecule has 2 heterocycles. The first kappa shape index (κ1) is 13.6. The number of carbonyl (C=O) groups is 1. The van der Waals surface area contributed by atoms with Crippen molar-refractivity contribution in [2.45, 2.75) is 25.3 Å². The first-order chi connectivity index (χ1) is 10.1. The molecule has 4 nitrogen and oxygen atoms in total. The number of aromatic nitrogens is 1. The van der Waals surface area contributed by atoms with E-state index in [-0.39, 0.29) is 11.5 Å². The van der Waals surface area contributed by atoms with Crippen LogP contribution >= 0.6 is 0 Å². The summed E-state index contributed by atoms with van der Waals surface area (Å²) in [5, 5.41) is 3.51. The van der Waals surface area contributed by atoms with Gasteiger partial charge < -0.3 is 10.1 Å². The van der Waals surface area contributed by atoms with E-state index in [0.717, 1.165) is 24.2 Å². The minimum Gasteiger partial charge on any atom is -0.465 e. The molecule has 4 heteroatoms. The standard InChI is InChI=1S/C17H18N2O2/c1-17(14-6-4-3-5-7-14)9-8-12-10-13(16(20)21-2)11-18-15(12)19-17/h3-7,10-11H,8-9H2,1-2H3,(H,18,19). The molecule has 21 heavy (non-hydrogen) atoms. The Bertz CT molecular complexity index is 670. The largest absolute Gasteiger partial charge is 0.465 e. The smallest absolute Gasteiger partial charge is 0.339 e. The predicted molar refractivity (Wildman–Crippen MR) is 81.3 cm³/mol. The van der Waals surface area contributed by atoms with Gasteiger partial charge in [0, 0.05) is 6.20 Å². The second-order valence-electron chi connectivity index (χ2n) is 5.55. The fourth-order valence-electron chi connectivity index (χ4n) is 2.77. The summed E-state index contributed by atoms with van der Waals surface area (Å²) in [5.41, 5.74) is 2.68. The first-order valence-electron chi connectivity index (χ1n) is 7.03. The number of aryl methyl sites for hydroxylation is 1. The average molecular weight is 282 g/mol. The SMILES string of the molecule is COC(=O)c1cnc2c(c1)CCC(C)(c1ccccc1)N2.